The van der Waals surface area contributed by atoms with E-state index in [1.54, 1.807) is 26.2 Å². The molecule has 1 atom stereocenters. The third-order valence-electron chi connectivity index (χ3n) is 8.72. The number of ether oxygens (including phenoxy) is 1. The van der Waals surface area contributed by atoms with Gasteiger partial charge in [0.1, 0.15) is 5.75 Å². The van der Waals surface area contributed by atoms with Crippen molar-refractivity contribution in [1.82, 2.24) is 9.80 Å². The summed E-state index contributed by atoms with van der Waals surface area (Å²) in [6.45, 7) is 2.36. The van der Waals surface area contributed by atoms with Gasteiger partial charge >= 0.3 is 0 Å². The Morgan fingerprint density at radius 1 is 1.11 bits per heavy atom. The summed E-state index contributed by atoms with van der Waals surface area (Å²) in [5, 5.41) is 0.415. The van der Waals surface area contributed by atoms with Crippen molar-refractivity contribution < 1.29 is 14.3 Å². The van der Waals surface area contributed by atoms with Crippen LogP contribution in [-0.2, 0) is 10.2 Å². The number of piperidine rings is 1. The first kappa shape index (κ1) is 25.6. The molecule has 2 amide bonds. The predicted octanol–water partition coefficient (Wildman–Crippen LogP) is 6.32. The Balaban J connectivity index is 1.12. The molecular formula is C29H34BrClN2O3. The fourth-order valence-electron chi connectivity index (χ4n) is 6.21. The van der Waals surface area contributed by atoms with Crippen molar-refractivity contribution in [3.63, 3.8) is 0 Å². The third kappa shape index (κ3) is 4.67. The molecule has 3 aliphatic rings. The number of likely N-dealkylation sites (tertiary alicyclic amines) is 1. The van der Waals surface area contributed by atoms with E-state index in [1.807, 2.05) is 18.2 Å². The average molecular weight is 574 g/mol. The molecule has 2 aromatic carbocycles. The molecule has 0 aromatic heterocycles. The molecule has 7 heteroatoms. The molecule has 3 fully saturated rings. The first-order valence-electron chi connectivity index (χ1n) is 12.9. The third-order valence-corrected chi connectivity index (χ3v) is 9.73. The molecular weight excluding hydrogens is 540 g/mol. The second-order valence-electron chi connectivity index (χ2n) is 10.9. The molecule has 1 saturated heterocycles. The van der Waals surface area contributed by atoms with Gasteiger partial charge in [-0.25, -0.2) is 0 Å². The first-order valence-corrected chi connectivity index (χ1v) is 14.1. The number of nitrogens with zero attached hydrogens (tertiary/aromatic N) is 2. The fraction of sp³-hybridized carbons (Fsp3) is 0.517. The van der Waals surface area contributed by atoms with Crippen LogP contribution in [0.5, 0.6) is 5.75 Å². The minimum absolute atomic E-state index is 0.115. The number of benzene rings is 2. The number of rotatable bonds is 7. The van der Waals surface area contributed by atoms with Crippen molar-refractivity contribution in [2.24, 2.45) is 11.3 Å². The van der Waals surface area contributed by atoms with E-state index in [-0.39, 0.29) is 11.3 Å². The highest BCUT2D eigenvalue weighted by molar-refractivity contribution is 9.10. The van der Waals surface area contributed by atoms with Crippen LogP contribution < -0.4 is 4.74 Å². The van der Waals surface area contributed by atoms with Crippen molar-refractivity contribution >= 4 is 39.3 Å². The van der Waals surface area contributed by atoms with Gasteiger partial charge in [0, 0.05) is 31.7 Å². The van der Waals surface area contributed by atoms with Gasteiger partial charge in [0.05, 0.1) is 22.6 Å². The van der Waals surface area contributed by atoms with Crippen LogP contribution in [0.25, 0.3) is 0 Å². The van der Waals surface area contributed by atoms with Crippen LogP contribution in [-0.4, -0.2) is 55.4 Å². The van der Waals surface area contributed by atoms with E-state index >= 15 is 0 Å². The second kappa shape index (κ2) is 10.0. The summed E-state index contributed by atoms with van der Waals surface area (Å²) in [5.41, 5.74) is 1.68. The molecule has 0 radical (unpaired) electrons. The minimum Gasteiger partial charge on any atom is -0.494 e. The molecule has 192 valence electrons. The zero-order valence-corrected chi connectivity index (χ0v) is 23.4. The summed E-state index contributed by atoms with van der Waals surface area (Å²) in [7, 11) is 3.42. The maximum Gasteiger partial charge on any atom is 0.254 e. The number of amides is 2. The van der Waals surface area contributed by atoms with Gasteiger partial charge in [0.25, 0.3) is 5.91 Å². The number of hydrogen-bond acceptors (Lipinski definition) is 3. The summed E-state index contributed by atoms with van der Waals surface area (Å²) in [4.78, 5) is 29.5. The minimum atomic E-state index is -0.338. The quantitative estimate of drug-likeness (QED) is 0.389. The lowest BCUT2D eigenvalue weighted by Crippen LogP contribution is -2.53. The molecule has 1 heterocycles. The first-order chi connectivity index (χ1) is 17.3. The average Bonchev–Trinajstić information content (AvgIpc) is 3.50. The molecule has 36 heavy (non-hydrogen) atoms. The highest BCUT2D eigenvalue weighted by Crippen LogP contribution is 2.61. The van der Waals surface area contributed by atoms with E-state index in [2.05, 4.69) is 33.0 Å². The lowest BCUT2D eigenvalue weighted by atomic mass is 9.63. The van der Waals surface area contributed by atoms with Gasteiger partial charge in [0.2, 0.25) is 5.91 Å². The molecule has 5 rings (SSSR count). The van der Waals surface area contributed by atoms with Crippen LogP contribution in [0.3, 0.4) is 0 Å². The molecule has 2 saturated carbocycles. The van der Waals surface area contributed by atoms with Gasteiger partial charge in [-0.2, -0.15) is 0 Å². The van der Waals surface area contributed by atoms with Crippen LogP contribution in [0.2, 0.25) is 5.02 Å². The fourth-order valence-corrected chi connectivity index (χ4v) is 7.12. The summed E-state index contributed by atoms with van der Waals surface area (Å²) in [5.74, 6) is 1.56. The molecule has 0 bridgehead atoms. The smallest absolute Gasteiger partial charge is 0.254 e. The van der Waals surface area contributed by atoms with E-state index in [4.69, 9.17) is 16.3 Å². The van der Waals surface area contributed by atoms with Gasteiger partial charge in [-0.3, -0.25) is 9.59 Å². The topological polar surface area (TPSA) is 49.9 Å². The molecule has 2 aliphatic carbocycles. The Labute approximate surface area is 227 Å². The van der Waals surface area contributed by atoms with E-state index in [1.165, 1.54) is 11.3 Å². The summed E-state index contributed by atoms with van der Waals surface area (Å²) >= 11 is 10.00. The van der Waals surface area contributed by atoms with E-state index < -0.39 is 0 Å². The SMILES string of the molecule is CN(C)C(=O)c1ccc(OCCC2CC23CCN(C(=O)C2(c4ccccc4Br)CCC2)CC3)cc1Cl. The zero-order valence-electron chi connectivity index (χ0n) is 21.1. The standard InChI is InChI=1S/C29H34BrClN2O3/c1-32(2)26(34)22-9-8-21(18-25(22)31)36-17-10-20-19-28(20)13-15-33(16-14-28)27(35)29(11-5-12-29)23-6-3-4-7-24(23)30/h3-4,6-9,18,20H,5,10-17,19H2,1-2H3. The van der Waals surface area contributed by atoms with Crippen LogP contribution in [0, 0.1) is 11.3 Å². The van der Waals surface area contributed by atoms with Crippen molar-refractivity contribution in [3.8, 4) is 5.75 Å². The van der Waals surface area contributed by atoms with Crippen LogP contribution >= 0.6 is 27.5 Å². The van der Waals surface area contributed by atoms with E-state index in [0.29, 0.717) is 40.2 Å². The number of halogens is 2. The van der Waals surface area contributed by atoms with Crippen molar-refractivity contribution in [2.75, 3.05) is 33.8 Å². The highest BCUT2D eigenvalue weighted by atomic mass is 79.9. The number of hydrogen-bond donors (Lipinski definition) is 0. The van der Waals surface area contributed by atoms with Gasteiger partial charge in [-0.05, 0) is 79.7 Å². The Bertz CT molecular complexity index is 1150. The Kier molecular flexibility index (Phi) is 7.12. The lowest BCUT2D eigenvalue weighted by Gasteiger charge is -2.46. The lowest BCUT2D eigenvalue weighted by molar-refractivity contribution is -0.142. The largest absolute Gasteiger partial charge is 0.494 e. The predicted molar refractivity (Wildman–Crippen MR) is 146 cm³/mol. The number of carbonyl (C=O) groups is 2. The monoisotopic (exact) mass is 572 g/mol. The maximum atomic E-state index is 13.7. The normalized spacial score (nSPS) is 21.6. The molecule has 2 aromatic rings. The second-order valence-corrected chi connectivity index (χ2v) is 12.2. The zero-order chi connectivity index (χ0) is 25.5. The molecule has 1 unspecified atom stereocenters. The van der Waals surface area contributed by atoms with Crippen molar-refractivity contribution in [3.05, 3.63) is 63.1 Å². The maximum absolute atomic E-state index is 13.7. The van der Waals surface area contributed by atoms with Crippen LogP contribution in [0.4, 0.5) is 0 Å². The van der Waals surface area contributed by atoms with E-state index in [9.17, 15) is 9.59 Å². The molecule has 1 aliphatic heterocycles. The van der Waals surface area contributed by atoms with Crippen LogP contribution in [0.1, 0.15) is 60.9 Å². The van der Waals surface area contributed by atoms with Gasteiger partial charge in [-0.15, -0.1) is 0 Å². The van der Waals surface area contributed by atoms with Gasteiger partial charge in [0.15, 0.2) is 0 Å². The summed E-state index contributed by atoms with van der Waals surface area (Å²) < 4.78 is 7.02. The Morgan fingerprint density at radius 2 is 1.83 bits per heavy atom. The van der Waals surface area contributed by atoms with Crippen molar-refractivity contribution in [2.45, 2.75) is 50.4 Å². The van der Waals surface area contributed by atoms with Crippen molar-refractivity contribution in [1.29, 1.82) is 0 Å². The Hall–Kier alpha value is -2.05. The number of carbonyl (C=O) groups excluding carboxylic acids is 2. The highest BCUT2D eigenvalue weighted by Gasteiger charge is 2.56. The molecule has 0 N–H and O–H groups in total. The van der Waals surface area contributed by atoms with E-state index in [0.717, 1.165) is 61.7 Å². The van der Waals surface area contributed by atoms with Gasteiger partial charge < -0.3 is 14.5 Å². The van der Waals surface area contributed by atoms with Gasteiger partial charge in [-0.1, -0.05) is 52.2 Å². The summed E-state index contributed by atoms with van der Waals surface area (Å²) in [6, 6.07) is 13.5. The van der Waals surface area contributed by atoms with Crippen LogP contribution in [0.15, 0.2) is 46.9 Å². The Morgan fingerprint density at radius 3 is 2.44 bits per heavy atom. The molecule has 1 spiro atoms. The molecule has 5 nitrogen and oxygen atoms in total. The summed E-state index contributed by atoms with van der Waals surface area (Å²) in [6.07, 6.45) is 7.42.